The number of thiophene rings is 1. The Labute approximate surface area is 100 Å². The average Bonchev–Trinajstić information content (AvgIpc) is 2.81. The van der Waals surface area contributed by atoms with Gasteiger partial charge in [-0.25, -0.2) is 13.1 Å². The van der Waals surface area contributed by atoms with Crippen molar-refractivity contribution in [3.8, 4) is 0 Å². The maximum atomic E-state index is 11.9. The number of rotatable bonds is 4. The minimum Gasteiger partial charge on any atom is -0.317 e. The Balaban J connectivity index is 1.91. The first-order chi connectivity index (χ1) is 7.68. The van der Waals surface area contributed by atoms with Crippen molar-refractivity contribution in [1.82, 2.24) is 10.0 Å². The first-order valence-corrected chi connectivity index (χ1v) is 7.88. The van der Waals surface area contributed by atoms with Gasteiger partial charge in [0.25, 0.3) is 0 Å². The molecular formula is C10H16N2O2S2. The van der Waals surface area contributed by atoms with Crippen molar-refractivity contribution in [2.45, 2.75) is 24.6 Å². The standard InChI is InChI=1S/C10H16N2O2S2/c13-16(14,10-1-4-11-5-2-10)12-7-9-3-6-15-8-9/h3,6,8,10-12H,1-2,4-5,7H2. The molecule has 0 atom stereocenters. The van der Waals surface area contributed by atoms with Crippen molar-refractivity contribution in [3.63, 3.8) is 0 Å². The lowest BCUT2D eigenvalue weighted by atomic mass is 10.2. The van der Waals surface area contributed by atoms with E-state index in [1.54, 1.807) is 11.3 Å². The molecule has 2 N–H and O–H groups in total. The first-order valence-electron chi connectivity index (χ1n) is 5.39. The Kier molecular flexibility index (Phi) is 3.96. The molecule has 2 heterocycles. The molecule has 0 aromatic carbocycles. The van der Waals surface area contributed by atoms with Gasteiger partial charge in [0.15, 0.2) is 0 Å². The molecule has 16 heavy (non-hydrogen) atoms. The summed E-state index contributed by atoms with van der Waals surface area (Å²) in [5, 5.41) is 6.85. The minimum atomic E-state index is -3.14. The third-order valence-electron chi connectivity index (χ3n) is 2.78. The zero-order valence-electron chi connectivity index (χ0n) is 8.98. The van der Waals surface area contributed by atoms with Crippen molar-refractivity contribution in [3.05, 3.63) is 22.4 Å². The Bertz CT molecular complexity index is 408. The lowest BCUT2D eigenvalue weighted by Crippen LogP contribution is -2.41. The van der Waals surface area contributed by atoms with Gasteiger partial charge < -0.3 is 5.32 Å². The maximum Gasteiger partial charge on any atom is 0.214 e. The molecule has 0 amide bonds. The van der Waals surface area contributed by atoms with Crippen LogP contribution in [0, 0.1) is 0 Å². The molecule has 4 nitrogen and oxygen atoms in total. The molecule has 1 fully saturated rings. The lowest BCUT2D eigenvalue weighted by Gasteiger charge is -2.22. The zero-order valence-corrected chi connectivity index (χ0v) is 10.6. The second-order valence-corrected chi connectivity index (χ2v) is 6.77. The van der Waals surface area contributed by atoms with Crippen molar-refractivity contribution >= 4 is 21.4 Å². The molecule has 90 valence electrons. The molecule has 1 aliphatic heterocycles. The van der Waals surface area contributed by atoms with E-state index in [4.69, 9.17) is 0 Å². The summed E-state index contributed by atoms with van der Waals surface area (Å²) in [5.74, 6) is 0. The van der Waals surface area contributed by atoms with E-state index in [2.05, 4.69) is 10.0 Å². The van der Waals surface area contributed by atoms with Crippen molar-refractivity contribution in [2.75, 3.05) is 13.1 Å². The fourth-order valence-corrected chi connectivity index (χ4v) is 3.93. The fourth-order valence-electron chi connectivity index (χ4n) is 1.80. The van der Waals surface area contributed by atoms with Crippen LogP contribution in [0.2, 0.25) is 0 Å². The monoisotopic (exact) mass is 260 g/mol. The van der Waals surface area contributed by atoms with Crippen molar-refractivity contribution in [2.24, 2.45) is 0 Å². The van der Waals surface area contributed by atoms with Gasteiger partial charge in [-0.2, -0.15) is 11.3 Å². The zero-order chi connectivity index (χ0) is 11.4. The maximum absolute atomic E-state index is 11.9. The van der Waals surface area contributed by atoms with Crippen LogP contribution >= 0.6 is 11.3 Å². The summed E-state index contributed by atoms with van der Waals surface area (Å²) in [4.78, 5) is 0. The molecule has 1 aliphatic rings. The van der Waals surface area contributed by atoms with Gasteiger partial charge in [0.1, 0.15) is 0 Å². The Morgan fingerprint density at radius 1 is 1.44 bits per heavy atom. The van der Waals surface area contributed by atoms with Crippen molar-refractivity contribution in [1.29, 1.82) is 0 Å². The van der Waals surface area contributed by atoms with Crippen LogP contribution in [0.4, 0.5) is 0 Å². The average molecular weight is 260 g/mol. The summed E-state index contributed by atoms with van der Waals surface area (Å²) in [5.41, 5.74) is 1.03. The molecule has 0 unspecified atom stereocenters. The first kappa shape index (κ1) is 12.0. The largest absolute Gasteiger partial charge is 0.317 e. The van der Waals surface area contributed by atoms with E-state index in [1.807, 2.05) is 16.8 Å². The van der Waals surface area contributed by atoms with E-state index in [0.29, 0.717) is 19.4 Å². The van der Waals surface area contributed by atoms with Crippen LogP contribution in [-0.2, 0) is 16.6 Å². The SMILES string of the molecule is O=S(=O)(NCc1ccsc1)C1CCNCC1. The number of piperidine rings is 1. The summed E-state index contributed by atoms with van der Waals surface area (Å²) >= 11 is 1.58. The van der Waals surface area contributed by atoms with Gasteiger partial charge in [0.05, 0.1) is 5.25 Å². The highest BCUT2D eigenvalue weighted by atomic mass is 32.2. The van der Waals surface area contributed by atoms with Gasteiger partial charge in [0.2, 0.25) is 10.0 Å². The van der Waals surface area contributed by atoms with E-state index >= 15 is 0 Å². The normalized spacial score (nSPS) is 18.8. The molecule has 2 rings (SSSR count). The summed E-state index contributed by atoms with van der Waals surface area (Å²) in [7, 11) is -3.14. The molecule has 1 saturated heterocycles. The van der Waals surface area contributed by atoms with Crippen LogP contribution in [0.1, 0.15) is 18.4 Å². The van der Waals surface area contributed by atoms with Crippen LogP contribution in [0.5, 0.6) is 0 Å². The second kappa shape index (κ2) is 5.27. The molecule has 0 saturated carbocycles. The number of hydrogen-bond acceptors (Lipinski definition) is 4. The topological polar surface area (TPSA) is 58.2 Å². The highest BCUT2D eigenvalue weighted by Crippen LogP contribution is 2.13. The third-order valence-corrected chi connectivity index (χ3v) is 5.41. The second-order valence-electron chi connectivity index (χ2n) is 3.95. The van der Waals surface area contributed by atoms with Gasteiger partial charge in [-0.15, -0.1) is 0 Å². The Morgan fingerprint density at radius 3 is 2.81 bits per heavy atom. The molecule has 1 aromatic rings. The highest BCUT2D eigenvalue weighted by molar-refractivity contribution is 7.90. The van der Waals surface area contributed by atoms with E-state index in [9.17, 15) is 8.42 Å². The van der Waals surface area contributed by atoms with Gasteiger partial charge in [-0.1, -0.05) is 0 Å². The Hall–Kier alpha value is -0.430. The summed E-state index contributed by atoms with van der Waals surface area (Å²) in [6, 6.07) is 1.94. The molecule has 0 aliphatic carbocycles. The molecule has 1 aromatic heterocycles. The van der Waals surface area contributed by atoms with E-state index in [0.717, 1.165) is 18.7 Å². The van der Waals surface area contributed by atoms with Crippen molar-refractivity contribution < 1.29 is 8.42 Å². The van der Waals surface area contributed by atoms with E-state index in [-0.39, 0.29) is 5.25 Å². The van der Waals surface area contributed by atoms with Crippen LogP contribution in [0.25, 0.3) is 0 Å². The predicted octanol–water partition coefficient (Wildman–Crippen LogP) is 0.919. The van der Waals surface area contributed by atoms with E-state index in [1.165, 1.54) is 0 Å². The summed E-state index contributed by atoms with van der Waals surface area (Å²) < 4.78 is 26.6. The van der Waals surface area contributed by atoms with Crippen LogP contribution in [0.15, 0.2) is 16.8 Å². The van der Waals surface area contributed by atoms with Gasteiger partial charge >= 0.3 is 0 Å². The molecular weight excluding hydrogens is 244 g/mol. The molecule has 0 spiro atoms. The number of nitrogens with one attached hydrogen (secondary N) is 2. The predicted molar refractivity (Wildman–Crippen MR) is 66.0 cm³/mol. The van der Waals surface area contributed by atoms with Crippen LogP contribution < -0.4 is 10.0 Å². The highest BCUT2D eigenvalue weighted by Gasteiger charge is 2.26. The quantitative estimate of drug-likeness (QED) is 0.846. The lowest BCUT2D eigenvalue weighted by molar-refractivity contribution is 0.489. The fraction of sp³-hybridized carbons (Fsp3) is 0.600. The number of hydrogen-bond donors (Lipinski definition) is 2. The summed E-state index contributed by atoms with van der Waals surface area (Å²) in [6.45, 7) is 2.00. The van der Waals surface area contributed by atoms with Gasteiger partial charge in [-0.3, -0.25) is 0 Å². The van der Waals surface area contributed by atoms with Gasteiger partial charge in [-0.05, 0) is 48.3 Å². The number of sulfonamides is 1. The summed E-state index contributed by atoms with van der Waals surface area (Å²) in [6.07, 6.45) is 1.41. The third kappa shape index (κ3) is 3.04. The molecule has 0 radical (unpaired) electrons. The van der Waals surface area contributed by atoms with Crippen LogP contribution in [-0.4, -0.2) is 26.8 Å². The Morgan fingerprint density at radius 2 is 2.19 bits per heavy atom. The van der Waals surface area contributed by atoms with Crippen LogP contribution in [0.3, 0.4) is 0 Å². The van der Waals surface area contributed by atoms with Gasteiger partial charge in [0, 0.05) is 6.54 Å². The van der Waals surface area contributed by atoms with E-state index < -0.39 is 10.0 Å². The smallest absolute Gasteiger partial charge is 0.214 e. The molecule has 0 bridgehead atoms. The molecule has 6 heteroatoms. The minimum absolute atomic E-state index is 0.229.